The van der Waals surface area contributed by atoms with Crippen molar-refractivity contribution in [2.24, 2.45) is 11.8 Å². The molecule has 206 valence electrons. The Hall–Kier alpha value is -2.02. The van der Waals surface area contributed by atoms with Gasteiger partial charge >= 0.3 is 12.4 Å². The van der Waals surface area contributed by atoms with E-state index in [4.69, 9.17) is 0 Å². The summed E-state index contributed by atoms with van der Waals surface area (Å²) < 4.78 is 82.2. The first-order valence-electron chi connectivity index (χ1n) is 13.4. The van der Waals surface area contributed by atoms with Crippen molar-refractivity contribution in [1.29, 1.82) is 0 Å². The molecule has 0 radical (unpaired) electrons. The van der Waals surface area contributed by atoms with E-state index < -0.39 is 30.1 Å². The number of rotatable bonds is 10. The zero-order chi connectivity index (χ0) is 27.2. The van der Waals surface area contributed by atoms with Crippen molar-refractivity contribution < 1.29 is 26.3 Å². The fourth-order valence-electron chi connectivity index (χ4n) is 6.01. The molecule has 1 aliphatic rings. The normalized spacial score (nSPS) is 22.0. The summed E-state index contributed by atoms with van der Waals surface area (Å²) in [6.45, 7) is 7.45. The van der Waals surface area contributed by atoms with E-state index in [0.717, 1.165) is 37.8 Å². The van der Waals surface area contributed by atoms with Crippen molar-refractivity contribution in [2.75, 3.05) is 6.54 Å². The summed E-state index contributed by atoms with van der Waals surface area (Å²) in [4.78, 5) is 2.49. The third-order valence-electron chi connectivity index (χ3n) is 7.97. The second kappa shape index (κ2) is 12.7. The minimum Gasteiger partial charge on any atom is -0.298 e. The maximum absolute atomic E-state index is 13.7. The molecule has 0 aliphatic heterocycles. The van der Waals surface area contributed by atoms with E-state index in [1.54, 1.807) is 12.1 Å². The van der Waals surface area contributed by atoms with Gasteiger partial charge in [-0.2, -0.15) is 26.3 Å². The minimum atomic E-state index is -4.65. The number of benzene rings is 2. The molecule has 0 spiro atoms. The SMILES string of the molecule is CCC(CCc1ccc(C2C(C(F)(F)F)CCCC2C(F)(F)F)cc1)N(CCc1ccccc1)C(C)C. The summed E-state index contributed by atoms with van der Waals surface area (Å²) in [7, 11) is 0. The van der Waals surface area contributed by atoms with Crippen LogP contribution in [0.3, 0.4) is 0 Å². The van der Waals surface area contributed by atoms with Crippen molar-refractivity contribution in [3.63, 3.8) is 0 Å². The average Bonchev–Trinajstić information content (AvgIpc) is 2.85. The van der Waals surface area contributed by atoms with E-state index in [2.05, 4.69) is 37.8 Å². The molecule has 7 heteroatoms. The number of halogens is 6. The van der Waals surface area contributed by atoms with E-state index in [1.165, 1.54) is 17.7 Å². The summed E-state index contributed by atoms with van der Waals surface area (Å²) in [5.41, 5.74) is 2.37. The molecule has 2 aromatic carbocycles. The van der Waals surface area contributed by atoms with Crippen LogP contribution >= 0.6 is 0 Å². The molecule has 3 atom stereocenters. The van der Waals surface area contributed by atoms with Gasteiger partial charge in [-0.05, 0) is 69.1 Å². The van der Waals surface area contributed by atoms with E-state index >= 15 is 0 Å². The molecule has 1 saturated carbocycles. The highest BCUT2D eigenvalue weighted by Crippen LogP contribution is 2.53. The monoisotopic (exact) mass is 527 g/mol. The first-order chi connectivity index (χ1) is 17.4. The standard InChI is InChI=1S/C30H39F6N/c1-4-25(37(21(2)3)20-19-22-9-6-5-7-10-22)18-15-23-13-16-24(17-14-23)28-26(29(31,32)33)11-8-12-27(28)30(34,35)36/h5-7,9-10,13-14,16-17,21,25-28H,4,8,11-12,15,18-20H2,1-3H3. The predicted octanol–water partition coefficient (Wildman–Crippen LogP) is 8.98. The van der Waals surface area contributed by atoms with Gasteiger partial charge in [-0.1, -0.05) is 67.9 Å². The van der Waals surface area contributed by atoms with Crippen LogP contribution in [0.4, 0.5) is 26.3 Å². The molecule has 0 bridgehead atoms. The Kier molecular flexibility index (Phi) is 10.1. The molecule has 37 heavy (non-hydrogen) atoms. The largest absolute Gasteiger partial charge is 0.392 e. The zero-order valence-electron chi connectivity index (χ0n) is 22.0. The Bertz CT molecular complexity index is 913. The molecular weight excluding hydrogens is 488 g/mol. The van der Waals surface area contributed by atoms with Crippen LogP contribution in [0.25, 0.3) is 0 Å². The topological polar surface area (TPSA) is 3.24 Å². The summed E-state index contributed by atoms with van der Waals surface area (Å²) >= 11 is 0. The number of nitrogens with zero attached hydrogens (tertiary/aromatic N) is 1. The number of hydrogen-bond acceptors (Lipinski definition) is 1. The zero-order valence-corrected chi connectivity index (χ0v) is 22.0. The lowest BCUT2D eigenvalue weighted by Crippen LogP contribution is -2.42. The molecule has 2 aromatic rings. The highest BCUT2D eigenvalue weighted by atomic mass is 19.4. The maximum Gasteiger partial charge on any atom is 0.392 e. The Balaban J connectivity index is 1.70. The van der Waals surface area contributed by atoms with Crippen molar-refractivity contribution in [3.8, 4) is 0 Å². The second-order valence-corrected chi connectivity index (χ2v) is 10.7. The van der Waals surface area contributed by atoms with Crippen molar-refractivity contribution in [1.82, 2.24) is 4.90 Å². The average molecular weight is 528 g/mol. The fraction of sp³-hybridized carbons (Fsp3) is 0.600. The quantitative estimate of drug-likeness (QED) is 0.279. The summed E-state index contributed by atoms with van der Waals surface area (Å²) in [5.74, 6) is -5.51. The molecular formula is C30H39F6N. The highest BCUT2D eigenvalue weighted by molar-refractivity contribution is 5.28. The minimum absolute atomic E-state index is 0.0576. The molecule has 3 unspecified atom stereocenters. The van der Waals surface area contributed by atoms with Gasteiger partial charge in [0.15, 0.2) is 0 Å². The molecule has 0 saturated heterocycles. The molecule has 1 fully saturated rings. The van der Waals surface area contributed by atoms with Crippen LogP contribution in [0.2, 0.25) is 0 Å². The molecule has 0 heterocycles. The Labute approximate surface area is 217 Å². The summed E-state index contributed by atoms with van der Waals surface area (Å²) in [5, 5.41) is 0. The first-order valence-corrected chi connectivity index (χ1v) is 13.4. The van der Waals surface area contributed by atoms with Gasteiger partial charge in [-0.3, -0.25) is 4.90 Å². The molecule has 0 amide bonds. The van der Waals surface area contributed by atoms with Crippen LogP contribution in [-0.2, 0) is 12.8 Å². The predicted molar refractivity (Wildman–Crippen MR) is 137 cm³/mol. The van der Waals surface area contributed by atoms with E-state index in [9.17, 15) is 26.3 Å². The molecule has 1 nitrogen and oxygen atoms in total. The Morgan fingerprint density at radius 3 is 1.81 bits per heavy atom. The van der Waals surface area contributed by atoms with Gasteiger partial charge in [-0.25, -0.2) is 0 Å². The van der Waals surface area contributed by atoms with Crippen molar-refractivity contribution in [2.45, 2.75) is 96.1 Å². The second-order valence-electron chi connectivity index (χ2n) is 10.7. The highest BCUT2D eigenvalue weighted by Gasteiger charge is 2.56. The number of hydrogen-bond donors (Lipinski definition) is 0. The lowest BCUT2D eigenvalue weighted by molar-refractivity contribution is -0.231. The van der Waals surface area contributed by atoms with Crippen molar-refractivity contribution in [3.05, 3.63) is 71.3 Å². The Morgan fingerprint density at radius 2 is 1.32 bits per heavy atom. The molecule has 1 aliphatic carbocycles. The Morgan fingerprint density at radius 1 is 0.784 bits per heavy atom. The summed E-state index contributed by atoms with van der Waals surface area (Å²) in [6.07, 6.45) is -6.35. The third kappa shape index (κ3) is 7.98. The van der Waals surface area contributed by atoms with Gasteiger partial charge in [0, 0.05) is 24.5 Å². The van der Waals surface area contributed by atoms with Gasteiger partial charge in [-0.15, -0.1) is 0 Å². The van der Waals surface area contributed by atoms with Crippen LogP contribution in [0.5, 0.6) is 0 Å². The number of aryl methyl sites for hydroxylation is 1. The van der Waals surface area contributed by atoms with Gasteiger partial charge in [0.2, 0.25) is 0 Å². The van der Waals surface area contributed by atoms with Crippen LogP contribution in [-0.4, -0.2) is 35.9 Å². The lowest BCUT2D eigenvalue weighted by Gasteiger charge is -2.40. The molecule has 0 N–H and O–H groups in total. The van der Waals surface area contributed by atoms with Crippen LogP contribution in [0.15, 0.2) is 54.6 Å². The van der Waals surface area contributed by atoms with E-state index in [0.29, 0.717) is 12.1 Å². The first kappa shape index (κ1) is 29.5. The third-order valence-corrected chi connectivity index (χ3v) is 7.97. The van der Waals surface area contributed by atoms with Crippen LogP contribution in [0, 0.1) is 11.8 Å². The van der Waals surface area contributed by atoms with Crippen molar-refractivity contribution >= 4 is 0 Å². The summed E-state index contributed by atoms with van der Waals surface area (Å²) in [6, 6.07) is 17.5. The maximum atomic E-state index is 13.7. The molecule has 3 rings (SSSR count). The van der Waals surface area contributed by atoms with Gasteiger partial charge in [0.1, 0.15) is 0 Å². The number of alkyl halides is 6. The smallest absolute Gasteiger partial charge is 0.298 e. The lowest BCUT2D eigenvalue weighted by atomic mass is 9.68. The van der Waals surface area contributed by atoms with Gasteiger partial charge in [0.05, 0.1) is 11.8 Å². The van der Waals surface area contributed by atoms with Gasteiger partial charge in [0.25, 0.3) is 0 Å². The van der Waals surface area contributed by atoms with E-state index in [1.807, 2.05) is 18.2 Å². The van der Waals surface area contributed by atoms with E-state index in [-0.39, 0.29) is 24.8 Å². The fourth-order valence-corrected chi connectivity index (χ4v) is 6.01. The molecule has 0 aromatic heterocycles. The van der Waals surface area contributed by atoms with Gasteiger partial charge < -0.3 is 0 Å². The van der Waals surface area contributed by atoms with Crippen LogP contribution < -0.4 is 0 Å². The van der Waals surface area contributed by atoms with Crippen LogP contribution in [0.1, 0.15) is 75.5 Å².